The number of carbonyl (C=O) groups is 2. The minimum absolute atomic E-state index is 0.0544. The molecule has 0 saturated carbocycles. The lowest BCUT2D eigenvalue weighted by molar-refractivity contribution is -0.127. The molecule has 0 spiro atoms. The Morgan fingerprint density at radius 3 is 2.28 bits per heavy atom. The van der Waals surface area contributed by atoms with Gasteiger partial charge in [0.05, 0.1) is 0 Å². The van der Waals surface area contributed by atoms with E-state index in [1.807, 2.05) is 32.6 Å². The molecule has 2 heterocycles. The SMILES string of the molecule is C=C(C)CNC(=NCC(=O)N(C)C)NC1CC2CCC(C1)N2C(=O)OC(C)(C)C. The number of guanidine groups is 1. The van der Waals surface area contributed by atoms with Crippen molar-refractivity contribution in [3.05, 3.63) is 12.2 Å². The summed E-state index contributed by atoms with van der Waals surface area (Å²) in [5.74, 6) is 0.555. The van der Waals surface area contributed by atoms with Crippen LogP contribution >= 0.6 is 0 Å². The van der Waals surface area contributed by atoms with Crippen molar-refractivity contribution in [3.63, 3.8) is 0 Å². The van der Waals surface area contributed by atoms with Gasteiger partial charge < -0.3 is 25.2 Å². The van der Waals surface area contributed by atoms with E-state index in [4.69, 9.17) is 4.74 Å². The summed E-state index contributed by atoms with van der Waals surface area (Å²) in [7, 11) is 3.44. The van der Waals surface area contributed by atoms with Crippen LogP contribution in [0.5, 0.6) is 0 Å². The maximum Gasteiger partial charge on any atom is 0.410 e. The van der Waals surface area contributed by atoms with Gasteiger partial charge in [-0.1, -0.05) is 12.2 Å². The van der Waals surface area contributed by atoms with Crippen molar-refractivity contribution in [3.8, 4) is 0 Å². The molecular formula is C21H37N5O3. The second-order valence-electron chi connectivity index (χ2n) is 9.35. The topological polar surface area (TPSA) is 86.3 Å². The summed E-state index contributed by atoms with van der Waals surface area (Å²) in [5, 5.41) is 6.70. The second kappa shape index (κ2) is 9.50. The minimum atomic E-state index is -0.489. The number of nitrogens with zero attached hydrogens (tertiary/aromatic N) is 3. The molecule has 2 bridgehead atoms. The number of nitrogens with one attached hydrogen (secondary N) is 2. The van der Waals surface area contributed by atoms with Crippen LogP contribution < -0.4 is 10.6 Å². The first-order chi connectivity index (χ1) is 13.5. The molecule has 0 aromatic carbocycles. The van der Waals surface area contributed by atoms with Crippen LogP contribution in [-0.2, 0) is 9.53 Å². The van der Waals surface area contributed by atoms with E-state index in [2.05, 4.69) is 22.2 Å². The smallest absolute Gasteiger partial charge is 0.410 e. The summed E-state index contributed by atoms with van der Waals surface area (Å²) in [6, 6.07) is 0.538. The summed E-state index contributed by atoms with van der Waals surface area (Å²) in [6.45, 7) is 12.2. The van der Waals surface area contributed by atoms with Crippen molar-refractivity contribution >= 4 is 18.0 Å². The number of ether oxygens (including phenoxy) is 1. The summed E-state index contributed by atoms with van der Waals surface area (Å²) in [4.78, 5) is 32.4. The summed E-state index contributed by atoms with van der Waals surface area (Å²) >= 11 is 0. The lowest BCUT2D eigenvalue weighted by atomic mass is 9.98. The van der Waals surface area contributed by atoms with Crippen LogP contribution in [-0.4, -0.2) is 78.7 Å². The van der Waals surface area contributed by atoms with E-state index in [0.29, 0.717) is 12.5 Å². The van der Waals surface area contributed by atoms with Gasteiger partial charge in [-0.3, -0.25) is 4.79 Å². The first kappa shape index (κ1) is 23.0. The molecule has 2 rings (SSSR count). The monoisotopic (exact) mass is 407 g/mol. The predicted octanol–water partition coefficient (Wildman–Crippen LogP) is 2.12. The quantitative estimate of drug-likeness (QED) is 0.414. The number of rotatable bonds is 5. The number of aliphatic imine (C=N–C) groups is 1. The average molecular weight is 408 g/mol. The molecule has 8 heteroatoms. The Kier molecular flexibility index (Phi) is 7.54. The van der Waals surface area contributed by atoms with Gasteiger partial charge in [0.25, 0.3) is 0 Å². The fourth-order valence-electron chi connectivity index (χ4n) is 3.78. The van der Waals surface area contributed by atoms with E-state index in [9.17, 15) is 9.59 Å². The Morgan fingerprint density at radius 2 is 1.79 bits per heavy atom. The summed E-state index contributed by atoms with van der Waals surface area (Å²) < 4.78 is 5.61. The van der Waals surface area contributed by atoms with Gasteiger partial charge >= 0.3 is 6.09 Å². The molecular weight excluding hydrogens is 370 g/mol. The van der Waals surface area contributed by atoms with Crippen LogP contribution in [0.4, 0.5) is 4.79 Å². The Labute approximate surface area is 174 Å². The molecule has 29 heavy (non-hydrogen) atoms. The van der Waals surface area contributed by atoms with Gasteiger partial charge in [0.15, 0.2) is 5.96 Å². The number of likely N-dealkylation sites (N-methyl/N-ethyl adjacent to an activating group) is 1. The zero-order chi connectivity index (χ0) is 21.8. The van der Waals surface area contributed by atoms with Gasteiger partial charge in [0, 0.05) is 38.8 Å². The lowest BCUT2D eigenvalue weighted by Gasteiger charge is -2.40. The first-order valence-corrected chi connectivity index (χ1v) is 10.4. The van der Waals surface area contributed by atoms with Crippen LogP contribution in [0.2, 0.25) is 0 Å². The predicted molar refractivity (Wildman–Crippen MR) is 115 cm³/mol. The fourth-order valence-corrected chi connectivity index (χ4v) is 3.78. The third-order valence-electron chi connectivity index (χ3n) is 5.11. The molecule has 2 aliphatic heterocycles. The molecule has 8 nitrogen and oxygen atoms in total. The van der Waals surface area contributed by atoms with Crippen molar-refractivity contribution in [1.29, 1.82) is 0 Å². The Balaban J connectivity index is 2.01. The van der Waals surface area contributed by atoms with Crippen LogP contribution in [0, 0.1) is 0 Å². The van der Waals surface area contributed by atoms with Gasteiger partial charge in [-0.05, 0) is 53.4 Å². The van der Waals surface area contributed by atoms with Crippen molar-refractivity contribution in [2.24, 2.45) is 4.99 Å². The third kappa shape index (κ3) is 6.94. The van der Waals surface area contributed by atoms with Crippen LogP contribution in [0.15, 0.2) is 17.1 Å². The molecule has 164 valence electrons. The fraction of sp³-hybridized carbons (Fsp3) is 0.762. The molecule has 0 radical (unpaired) electrons. The normalized spacial score (nSPS) is 24.1. The molecule has 2 fully saturated rings. The first-order valence-electron chi connectivity index (χ1n) is 10.4. The van der Waals surface area contributed by atoms with E-state index in [1.165, 1.54) is 4.90 Å². The van der Waals surface area contributed by atoms with Crippen LogP contribution in [0.1, 0.15) is 53.4 Å². The Hall–Kier alpha value is -2.25. The van der Waals surface area contributed by atoms with E-state index in [1.54, 1.807) is 14.1 Å². The maximum absolute atomic E-state index is 12.6. The highest BCUT2D eigenvalue weighted by Crippen LogP contribution is 2.36. The molecule has 0 aromatic rings. The molecule has 2 amide bonds. The molecule has 2 atom stereocenters. The van der Waals surface area contributed by atoms with Gasteiger partial charge in [-0.2, -0.15) is 0 Å². The maximum atomic E-state index is 12.6. The van der Waals surface area contributed by atoms with Crippen LogP contribution in [0.25, 0.3) is 0 Å². The highest BCUT2D eigenvalue weighted by molar-refractivity contribution is 5.85. The highest BCUT2D eigenvalue weighted by atomic mass is 16.6. The zero-order valence-electron chi connectivity index (χ0n) is 18.7. The molecule has 2 saturated heterocycles. The molecule has 0 aliphatic carbocycles. The van der Waals surface area contributed by atoms with E-state index < -0.39 is 5.60 Å². The second-order valence-corrected chi connectivity index (χ2v) is 9.35. The molecule has 2 unspecified atom stereocenters. The number of piperidine rings is 1. The van der Waals surface area contributed by atoms with E-state index in [0.717, 1.165) is 31.3 Å². The van der Waals surface area contributed by atoms with Gasteiger partial charge in [-0.15, -0.1) is 0 Å². The number of hydrogen-bond acceptors (Lipinski definition) is 4. The highest BCUT2D eigenvalue weighted by Gasteiger charge is 2.45. The number of hydrogen-bond donors (Lipinski definition) is 2. The Bertz CT molecular complexity index is 639. The van der Waals surface area contributed by atoms with E-state index >= 15 is 0 Å². The summed E-state index contributed by atoms with van der Waals surface area (Å²) in [5.41, 5.74) is 0.495. The largest absolute Gasteiger partial charge is 0.444 e. The number of amides is 2. The average Bonchev–Trinajstić information content (AvgIpc) is 2.86. The van der Waals surface area contributed by atoms with Gasteiger partial charge in [-0.25, -0.2) is 9.79 Å². The van der Waals surface area contributed by atoms with Crippen LogP contribution in [0.3, 0.4) is 0 Å². The number of fused-ring (bicyclic) bond motifs is 2. The van der Waals surface area contributed by atoms with Crippen molar-refractivity contribution in [1.82, 2.24) is 20.4 Å². The van der Waals surface area contributed by atoms with Crippen molar-refractivity contribution in [2.45, 2.75) is 77.1 Å². The molecule has 2 aliphatic rings. The van der Waals surface area contributed by atoms with Crippen molar-refractivity contribution < 1.29 is 14.3 Å². The Morgan fingerprint density at radius 1 is 1.21 bits per heavy atom. The van der Waals surface area contributed by atoms with Gasteiger partial charge in [0.2, 0.25) is 5.91 Å². The standard InChI is InChI=1S/C21H37N5O3/c1-14(2)12-22-19(23-13-18(27)25(6)7)24-15-10-16-8-9-17(11-15)26(16)20(28)29-21(3,4)5/h15-17H,1,8-13H2,2-7H3,(H2,22,23,24). The number of carbonyl (C=O) groups excluding carboxylic acids is 2. The zero-order valence-corrected chi connectivity index (χ0v) is 18.7. The molecule has 0 aromatic heterocycles. The van der Waals surface area contributed by atoms with Gasteiger partial charge in [0.1, 0.15) is 12.1 Å². The molecule has 2 N–H and O–H groups in total. The third-order valence-corrected chi connectivity index (χ3v) is 5.11. The van der Waals surface area contributed by atoms with Crippen molar-refractivity contribution in [2.75, 3.05) is 27.2 Å². The minimum Gasteiger partial charge on any atom is -0.444 e. The lowest BCUT2D eigenvalue weighted by Crippen LogP contribution is -2.55. The summed E-state index contributed by atoms with van der Waals surface area (Å²) in [6.07, 6.45) is 3.45. The van der Waals surface area contributed by atoms with E-state index in [-0.39, 0.29) is 36.7 Å².